The van der Waals surface area contributed by atoms with Crippen LogP contribution in [0.25, 0.3) is 0 Å². The first-order valence-electron chi connectivity index (χ1n) is 8.43. The molecule has 0 aliphatic carbocycles. The summed E-state index contributed by atoms with van der Waals surface area (Å²) >= 11 is 1.41. The van der Waals surface area contributed by atoms with Crippen LogP contribution in [-0.4, -0.2) is 20.9 Å². The zero-order valence-corrected chi connectivity index (χ0v) is 16.0. The van der Waals surface area contributed by atoms with Gasteiger partial charge in [0.25, 0.3) is 0 Å². The minimum absolute atomic E-state index is 0.0847. The molecule has 0 saturated carbocycles. The number of nitrogens with zero attached hydrogens (tertiary/aromatic N) is 4. The van der Waals surface area contributed by atoms with Crippen molar-refractivity contribution in [2.75, 3.05) is 5.32 Å². The summed E-state index contributed by atoms with van der Waals surface area (Å²) < 4.78 is 53.2. The molecule has 0 aliphatic rings. The maximum atomic E-state index is 13.0. The molecule has 0 fully saturated rings. The van der Waals surface area contributed by atoms with E-state index in [0.717, 1.165) is 11.0 Å². The van der Waals surface area contributed by atoms with Gasteiger partial charge >= 0.3 is 6.18 Å². The highest BCUT2D eigenvalue weighted by atomic mass is 32.2. The van der Waals surface area contributed by atoms with Crippen molar-refractivity contribution in [2.45, 2.75) is 23.4 Å². The molecule has 11 heteroatoms. The zero-order valence-electron chi connectivity index (χ0n) is 15.2. The average molecular weight is 435 g/mol. The lowest BCUT2D eigenvalue weighted by Gasteiger charge is -2.11. The lowest BCUT2D eigenvalue weighted by molar-refractivity contribution is -0.137. The fourth-order valence-electron chi connectivity index (χ4n) is 2.47. The van der Waals surface area contributed by atoms with E-state index in [1.807, 2.05) is 0 Å². The number of hydrogen-bond acceptors (Lipinski definition) is 5. The number of nitrogens with one attached hydrogen (secondary N) is 1. The van der Waals surface area contributed by atoms with Gasteiger partial charge in [-0.3, -0.25) is 4.79 Å². The maximum absolute atomic E-state index is 13.0. The largest absolute Gasteiger partial charge is 0.417 e. The quantitative estimate of drug-likeness (QED) is 0.463. The highest BCUT2D eigenvalue weighted by Crippen LogP contribution is 2.33. The smallest absolute Gasteiger partial charge is 0.324 e. The van der Waals surface area contributed by atoms with Crippen LogP contribution in [0.5, 0.6) is 0 Å². The Morgan fingerprint density at radius 3 is 2.60 bits per heavy atom. The van der Waals surface area contributed by atoms with Crippen LogP contribution in [0.3, 0.4) is 0 Å². The average Bonchev–Trinajstić information content (AvgIpc) is 3.14. The standard InChI is InChI=1S/C19H13F4N5OS/c20-13-2-5-16(6-3-13)30-11-15-9-28(27-26-15)10-18(29)25-14-4-1-12(8-24)17(7-14)19(21,22)23/h1-7,9H,10-11H2,(H,25,29). The summed E-state index contributed by atoms with van der Waals surface area (Å²) in [7, 11) is 0. The summed E-state index contributed by atoms with van der Waals surface area (Å²) in [5.74, 6) is -0.492. The van der Waals surface area contributed by atoms with Crippen LogP contribution in [0.2, 0.25) is 0 Å². The second-order valence-electron chi connectivity index (χ2n) is 6.07. The molecule has 1 aromatic heterocycles. The van der Waals surface area contributed by atoms with E-state index in [0.29, 0.717) is 17.5 Å². The number of aromatic nitrogens is 3. The summed E-state index contributed by atoms with van der Waals surface area (Å²) in [6.45, 7) is -0.254. The van der Waals surface area contributed by atoms with Gasteiger partial charge in [-0.15, -0.1) is 16.9 Å². The minimum Gasteiger partial charge on any atom is -0.324 e. The van der Waals surface area contributed by atoms with Crippen LogP contribution in [0, 0.1) is 17.1 Å². The van der Waals surface area contributed by atoms with Gasteiger partial charge < -0.3 is 5.32 Å². The Balaban J connectivity index is 1.59. The normalized spacial score (nSPS) is 11.2. The molecule has 0 atom stereocenters. The van der Waals surface area contributed by atoms with E-state index in [9.17, 15) is 22.4 Å². The van der Waals surface area contributed by atoms with Crippen molar-refractivity contribution < 1.29 is 22.4 Å². The molecule has 2 aromatic carbocycles. The van der Waals surface area contributed by atoms with Crippen molar-refractivity contribution in [1.29, 1.82) is 5.26 Å². The van der Waals surface area contributed by atoms with Gasteiger partial charge in [-0.25, -0.2) is 9.07 Å². The van der Waals surface area contributed by atoms with Crippen LogP contribution in [0.15, 0.2) is 53.6 Å². The molecule has 1 amide bonds. The molecule has 0 radical (unpaired) electrons. The monoisotopic (exact) mass is 435 g/mol. The number of anilines is 1. The first kappa shape index (κ1) is 21.3. The van der Waals surface area contributed by atoms with E-state index < -0.39 is 23.2 Å². The van der Waals surface area contributed by atoms with Crippen molar-refractivity contribution in [3.05, 3.63) is 71.3 Å². The Bertz CT molecular complexity index is 1090. The van der Waals surface area contributed by atoms with E-state index in [1.54, 1.807) is 12.1 Å². The van der Waals surface area contributed by atoms with Crippen molar-refractivity contribution in [2.24, 2.45) is 0 Å². The summed E-state index contributed by atoms with van der Waals surface area (Å²) in [5.41, 5.74) is -1.16. The summed E-state index contributed by atoms with van der Waals surface area (Å²) in [6.07, 6.45) is -3.18. The Morgan fingerprint density at radius 1 is 1.20 bits per heavy atom. The predicted molar refractivity (Wildman–Crippen MR) is 101 cm³/mol. The molecule has 6 nitrogen and oxygen atoms in total. The number of thioether (sulfide) groups is 1. The number of benzene rings is 2. The van der Waals surface area contributed by atoms with Crippen molar-refractivity contribution in [3.63, 3.8) is 0 Å². The molecular weight excluding hydrogens is 422 g/mol. The van der Waals surface area contributed by atoms with E-state index in [4.69, 9.17) is 5.26 Å². The maximum Gasteiger partial charge on any atom is 0.417 e. The van der Waals surface area contributed by atoms with Crippen LogP contribution in [0.4, 0.5) is 23.2 Å². The number of hydrogen-bond donors (Lipinski definition) is 1. The molecule has 0 aliphatic heterocycles. The van der Waals surface area contributed by atoms with Crippen LogP contribution in [0.1, 0.15) is 16.8 Å². The van der Waals surface area contributed by atoms with Gasteiger partial charge in [-0.2, -0.15) is 18.4 Å². The first-order chi connectivity index (χ1) is 14.2. The van der Waals surface area contributed by atoms with Crippen molar-refractivity contribution in [3.8, 4) is 6.07 Å². The van der Waals surface area contributed by atoms with E-state index >= 15 is 0 Å². The van der Waals surface area contributed by atoms with Crippen molar-refractivity contribution in [1.82, 2.24) is 15.0 Å². The topological polar surface area (TPSA) is 83.6 Å². The van der Waals surface area contributed by atoms with Gasteiger partial charge in [-0.05, 0) is 42.5 Å². The number of carbonyl (C=O) groups excluding carboxylic acids is 1. The SMILES string of the molecule is N#Cc1ccc(NC(=O)Cn2cc(CSc3ccc(F)cc3)nn2)cc1C(F)(F)F. The molecule has 0 saturated heterocycles. The van der Waals surface area contributed by atoms with Crippen molar-refractivity contribution >= 4 is 23.4 Å². The van der Waals surface area contributed by atoms with Crippen LogP contribution in [-0.2, 0) is 23.3 Å². The van der Waals surface area contributed by atoms with Crippen LogP contribution < -0.4 is 5.32 Å². The summed E-state index contributed by atoms with van der Waals surface area (Å²) in [6, 6.07) is 10.4. The molecule has 1 heterocycles. The molecule has 3 aromatic rings. The van der Waals surface area contributed by atoms with Gasteiger partial charge in [0.2, 0.25) is 5.91 Å². The molecule has 30 heavy (non-hydrogen) atoms. The highest BCUT2D eigenvalue weighted by molar-refractivity contribution is 7.98. The Labute approximate surface area is 172 Å². The van der Waals surface area contributed by atoms with Gasteiger partial charge in [-0.1, -0.05) is 5.21 Å². The number of nitriles is 1. The molecule has 1 N–H and O–H groups in total. The molecule has 0 bridgehead atoms. The Hall–Kier alpha value is -3.39. The lowest BCUT2D eigenvalue weighted by atomic mass is 10.1. The van der Waals surface area contributed by atoms with Gasteiger partial charge in [0.1, 0.15) is 12.4 Å². The Morgan fingerprint density at radius 2 is 1.93 bits per heavy atom. The second kappa shape index (κ2) is 8.96. The van der Waals surface area contributed by atoms with Gasteiger partial charge in [0.15, 0.2) is 0 Å². The second-order valence-corrected chi connectivity index (χ2v) is 7.12. The van der Waals surface area contributed by atoms with E-state index in [-0.39, 0.29) is 18.0 Å². The lowest BCUT2D eigenvalue weighted by Crippen LogP contribution is -2.19. The fraction of sp³-hybridized carbons (Fsp3) is 0.158. The van der Waals surface area contributed by atoms with Crippen LogP contribution >= 0.6 is 11.8 Å². The third-order valence-electron chi connectivity index (χ3n) is 3.82. The number of alkyl halides is 3. The Kier molecular flexibility index (Phi) is 6.37. The zero-order chi connectivity index (χ0) is 21.7. The molecule has 3 rings (SSSR count). The molecule has 154 valence electrons. The third kappa shape index (κ3) is 5.57. The van der Waals surface area contributed by atoms with Gasteiger partial charge in [0, 0.05) is 22.5 Å². The molecule has 0 unspecified atom stereocenters. The number of halogens is 4. The first-order valence-corrected chi connectivity index (χ1v) is 9.42. The van der Waals surface area contributed by atoms with E-state index in [2.05, 4.69) is 15.6 Å². The fourth-order valence-corrected chi connectivity index (χ4v) is 3.25. The third-order valence-corrected chi connectivity index (χ3v) is 4.87. The number of rotatable bonds is 6. The minimum atomic E-state index is -4.71. The highest BCUT2D eigenvalue weighted by Gasteiger charge is 2.34. The van der Waals surface area contributed by atoms with Gasteiger partial charge in [0.05, 0.1) is 22.9 Å². The van der Waals surface area contributed by atoms with E-state index in [1.165, 1.54) is 46.9 Å². The summed E-state index contributed by atoms with van der Waals surface area (Å²) in [4.78, 5) is 13.0. The summed E-state index contributed by atoms with van der Waals surface area (Å²) in [5, 5.41) is 18.9. The molecule has 0 spiro atoms. The number of carbonyl (C=O) groups is 1. The number of amides is 1. The molecular formula is C19H13F4N5OS. The predicted octanol–water partition coefficient (Wildman–Crippen LogP) is 4.24.